The molecule has 0 aromatic carbocycles. The van der Waals surface area contributed by atoms with Gasteiger partial charge in [0.2, 0.25) is 5.91 Å². The molecule has 0 aromatic rings. The lowest BCUT2D eigenvalue weighted by molar-refractivity contribution is -0.302. The predicted octanol–water partition coefficient (Wildman–Crippen LogP) is 12.2. The molecule has 1 fully saturated rings. The van der Waals surface area contributed by atoms with Gasteiger partial charge in [0, 0.05) is 12.8 Å². The zero-order chi connectivity index (χ0) is 48.8. The molecule has 6 N–H and O–H groups in total. The number of amides is 1. The molecule has 7 unspecified atom stereocenters. The fourth-order valence-corrected chi connectivity index (χ4v) is 8.78. The summed E-state index contributed by atoms with van der Waals surface area (Å²) < 4.78 is 16.7. The van der Waals surface area contributed by atoms with Crippen LogP contribution in [0.2, 0.25) is 0 Å². The van der Waals surface area contributed by atoms with Crippen molar-refractivity contribution in [1.29, 1.82) is 0 Å². The number of hydrogen-bond donors (Lipinski definition) is 6. The summed E-state index contributed by atoms with van der Waals surface area (Å²) in [7, 11) is 0. The summed E-state index contributed by atoms with van der Waals surface area (Å²) in [4.78, 5) is 25.0. The molecule has 0 aliphatic carbocycles. The largest absolute Gasteiger partial charge is 0.466 e. The van der Waals surface area contributed by atoms with Crippen LogP contribution in [0.3, 0.4) is 0 Å². The third-order valence-corrected chi connectivity index (χ3v) is 13.3. The topological polar surface area (TPSA) is 175 Å². The van der Waals surface area contributed by atoms with Crippen LogP contribution in [0.1, 0.15) is 258 Å². The van der Waals surface area contributed by atoms with Gasteiger partial charge >= 0.3 is 5.97 Å². The molecule has 0 spiro atoms. The molecule has 0 radical (unpaired) electrons. The first-order chi connectivity index (χ1) is 32.7. The van der Waals surface area contributed by atoms with E-state index >= 15 is 0 Å². The minimum absolute atomic E-state index is 0.0212. The highest BCUT2D eigenvalue weighted by Crippen LogP contribution is 2.23. The van der Waals surface area contributed by atoms with Crippen molar-refractivity contribution in [2.75, 3.05) is 19.8 Å². The maximum atomic E-state index is 13.0. The van der Waals surface area contributed by atoms with E-state index in [1.54, 1.807) is 6.08 Å². The van der Waals surface area contributed by atoms with Gasteiger partial charge in [0.15, 0.2) is 6.29 Å². The van der Waals surface area contributed by atoms with Crippen molar-refractivity contribution in [2.24, 2.45) is 0 Å². The van der Waals surface area contributed by atoms with Crippen LogP contribution in [-0.2, 0) is 23.8 Å². The number of carbonyl (C=O) groups is 2. The summed E-state index contributed by atoms with van der Waals surface area (Å²) in [6.45, 7) is 4.30. The Labute approximate surface area is 410 Å². The monoisotopic (exact) mass is 952 g/mol. The fourth-order valence-electron chi connectivity index (χ4n) is 8.78. The van der Waals surface area contributed by atoms with E-state index in [4.69, 9.17) is 14.2 Å². The second kappa shape index (κ2) is 46.5. The van der Waals surface area contributed by atoms with Crippen molar-refractivity contribution in [2.45, 2.75) is 301 Å². The number of aliphatic hydroxyl groups is 5. The second-order valence-electron chi connectivity index (χ2n) is 19.6. The molecule has 0 bridgehead atoms. The van der Waals surface area contributed by atoms with Crippen molar-refractivity contribution in [3.63, 3.8) is 0 Å². The minimum Gasteiger partial charge on any atom is -0.466 e. The third kappa shape index (κ3) is 36.7. The van der Waals surface area contributed by atoms with Gasteiger partial charge in [-0.1, -0.05) is 212 Å². The Balaban J connectivity index is 2.15. The number of allylic oxidation sites excluding steroid dienone is 3. The zero-order valence-corrected chi connectivity index (χ0v) is 43.1. The number of rotatable bonds is 48. The highest BCUT2D eigenvalue weighted by atomic mass is 16.7. The molecule has 1 aliphatic rings. The Bertz CT molecular complexity index is 1170. The number of esters is 1. The summed E-state index contributed by atoms with van der Waals surface area (Å²) >= 11 is 0. The van der Waals surface area contributed by atoms with E-state index in [9.17, 15) is 35.1 Å². The first-order valence-electron chi connectivity index (χ1n) is 28.1. The first kappa shape index (κ1) is 63.2. The Hall–Kier alpha value is -1.86. The van der Waals surface area contributed by atoms with Crippen molar-refractivity contribution in [3.8, 4) is 0 Å². The molecule has 1 aliphatic heterocycles. The highest BCUT2D eigenvalue weighted by molar-refractivity contribution is 5.76. The van der Waals surface area contributed by atoms with E-state index in [1.165, 1.54) is 141 Å². The molecule has 0 aromatic heterocycles. The lowest BCUT2D eigenvalue weighted by atomic mass is 9.99. The van der Waals surface area contributed by atoms with Gasteiger partial charge < -0.3 is 45.1 Å². The molecule has 1 saturated heterocycles. The average molecular weight is 952 g/mol. The highest BCUT2D eigenvalue weighted by Gasteiger charge is 2.44. The van der Waals surface area contributed by atoms with Gasteiger partial charge in [-0.3, -0.25) is 9.59 Å². The molecule has 7 atom stereocenters. The lowest BCUT2D eigenvalue weighted by Gasteiger charge is -2.40. The molecule has 1 rings (SSSR count). The molecule has 1 heterocycles. The number of hydrogen-bond acceptors (Lipinski definition) is 10. The van der Waals surface area contributed by atoms with E-state index in [1.807, 2.05) is 6.08 Å². The molecular formula is C56H105NO10. The summed E-state index contributed by atoms with van der Waals surface area (Å²) in [5.41, 5.74) is 0. The number of aliphatic hydroxyl groups excluding tert-OH is 5. The smallest absolute Gasteiger partial charge is 0.305 e. The van der Waals surface area contributed by atoms with Gasteiger partial charge in [0.25, 0.3) is 0 Å². The van der Waals surface area contributed by atoms with Crippen LogP contribution >= 0.6 is 0 Å². The van der Waals surface area contributed by atoms with Crippen molar-refractivity contribution in [3.05, 3.63) is 24.3 Å². The Morgan fingerprint density at radius 1 is 0.537 bits per heavy atom. The SMILES string of the molecule is CCCCCCCCCCCC/C=C/C(O)C(COC1OC(CO)C(O)C(O)C1O)NC(=O)CCCCCCC/C=C\CCCCCCCCCOC(=O)CCCCCCCCCCCCC. The van der Waals surface area contributed by atoms with E-state index in [0.717, 1.165) is 89.9 Å². The van der Waals surface area contributed by atoms with Crippen LogP contribution < -0.4 is 5.32 Å². The number of carbonyl (C=O) groups excluding carboxylic acids is 2. The molecule has 1 amide bonds. The van der Waals surface area contributed by atoms with Gasteiger partial charge in [-0.05, 0) is 57.8 Å². The normalized spacial score (nSPS) is 19.7. The van der Waals surface area contributed by atoms with Gasteiger partial charge in [0.1, 0.15) is 24.4 Å². The van der Waals surface area contributed by atoms with E-state index in [-0.39, 0.29) is 18.5 Å². The molecule has 67 heavy (non-hydrogen) atoms. The molecular weight excluding hydrogens is 847 g/mol. The van der Waals surface area contributed by atoms with Crippen molar-refractivity contribution >= 4 is 11.9 Å². The van der Waals surface area contributed by atoms with Gasteiger partial charge in [-0.25, -0.2) is 0 Å². The summed E-state index contributed by atoms with van der Waals surface area (Å²) in [6, 6.07) is -0.821. The number of unbranched alkanes of at least 4 members (excludes halogenated alkanes) is 32. The zero-order valence-electron chi connectivity index (χ0n) is 43.1. The van der Waals surface area contributed by atoms with E-state index in [2.05, 4.69) is 31.3 Å². The van der Waals surface area contributed by atoms with E-state index in [0.29, 0.717) is 19.4 Å². The Kier molecular flexibility index (Phi) is 43.8. The first-order valence-corrected chi connectivity index (χ1v) is 28.1. The number of nitrogens with one attached hydrogen (secondary N) is 1. The van der Waals surface area contributed by atoms with Gasteiger partial charge in [-0.2, -0.15) is 0 Å². The minimum atomic E-state index is -1.58. The third-order valence-electron chi connectivity index (χ3n) is 13.3. The van der Waals surface area contributed by atoms with Crippen LogP contribution in [0, 0.1) is 0 Å². The van der Waals surface area contributed by atoms with Gasteiger partial charge in [0.05, 0.1) is 32.0 Å². The predicted molar refractivity (Wildman–Crippen MR) is 274 cm³/mol. The Morgan fingerprint density at radius 3 is 1.43 bits per heavy atom. The number of ether oxygens (including phenoxy) is 3. The fraction of sp³-hybridized carbons (Fsp3) is 0.893. The van der Waals surface area contributed by atoms with Crippen LogP contribution in [0.25, 0.3) is 0 Å². The van der Waals surface area contributed by atoms with E-state index < -0.39 is 49.5 Å². The van der Waals surface area contributed by atoms with Gasteiger partial charge in [-0.15, -0.1) is 0 Å². The van der Waals surface area contributed by atoms with Crippen LogP contribution in [-0.4, -0.2) is 100 Å². The summed E-state index contributed by atoms with van der Waals surface area (Å²) in [5.74, 6) is -0.220. The molecule has 11 heteroatoms. The summed E-state index contributed by atoms with van der Waals surface area (Å²) in [5, 5.41) is 54.3. The standard InChI is InChI=1S/C56H105NO10/c1-3-5-7-9-11-13-15-23-26-30-34-38-42-49(59)48(47-66-56-55(64)54(63)53(62)50(46-58)67-56)57-51(60)43-39-35-31-27-24-20-18-16-17-19-21-25-29-33-37-41-45-65-52(61)44-40-36-32-28-22-14-12-10-8-6-4-2/h16,18,38,42,48-50,53-56,58-59,62-64H,3-15,17,19-37,39-41,43-47H2,1-2H3,(H,57,60)/b18-16-,42-38+. The van der Waals surface area contributed by atoms with Crippen LogP contribution in [0.15, 0.2) is 24.3 Å². The second-order valence-corrected chi connectivity index (χ2v) is 19.6. The average Bonchev–Trinajstić information content (AvgIpc) is 3.32. The van der Waals surface area contributed by atoms with Crippen LogP contribution in [0.5, 0.6) is 0 Å². The quantitative estimate of drug-likeness (QED) is 0.0196. The van der Waals surface area contributed by atoms with Crippen molar-refractivity contribution < 1.29 is 49.3 Å². The molecule has 0 saturated carbocycles. The summed E-state index contributed by atoms with van der Waals surface area (Å²) in [6.07, 6.45) is 44.0. The molecule has 11 nitrogen and oxygen atoms in total. The Morgan fingerprint density at radius 2 is 0.955 bits per heavy atom. The maximum Gasteiger partial charge on any atom is 0.305 e. The lowest BCUT2D eigenvalue weighted by Crippen LogP contribution is -2.60. The maximum absolute atomic E-state index is 13.0. The van der Waals surface area contributed by atoms with Crippen LogP contribution in [0.4, 0.5) is 0 Å². The van der Waals surface area contributed by atoms with Crippen molar-refractivity contribution in [1.82, 2.24) is 5.32 Å². The molecule has 394 valence electrons.